The third-order valence-corrected chi connectivity index (χ3v) is 5.06. The molecule has 0 amide bonds. The number of hydrogen-bond donors (Lipinski definition) is 0. The maximum Gasteiger partial charge on any atom is 0.284 e. The van der Waals surface area contributed by atoms with Gasteiger partial charge in [-0.05, 0) is 35.6 Å². The van der Waals surface area contributed by atoms with Crippen LogP contribution in [-0.4, -0.2) is 14.8 Å². The summed E-state index contributed by atoms with van der Waals surface area (Å²) in [7, 11) is 0. The molecule has 0 spiro atoms. The lowest BCUT2D eigenvalue weighted by Crippen LogP contribution is -2.01. The minimum atomic E-state index is -0.674. The molecule has 0 N–H and O–H groups in total. The second-order valence-corrected chi connectivity index (χ2v) is 6.90. The Labute approximate surface area is 157 Å². The van der Waals surface area contributed by atoms with E-state index in [1.165, 1.54) is 12.1 Å². The van der Waals surface area contributed by atoms with Gasteiger partial charge < -0.3 is 0 Å². The summed E-state index contributed by atoms with van der Waals surface area (Å²) in [5.74, 6) is -0.119. The largest absolute Gasteiger partial charge is 0.284 e. The number of nitro benzene ring substituents is 3. The first-order valence-electron chi connectivity index (χ1n) is 8.44. The van der Waals surface area contributed by atoms with Gasteiger partial charge in [-0.15, -0.1) is 0 Å². The number of rotatable bonds is 4. The lowest BCUT2D eigenvalue weighted by Gasteiger charge is -2.15. The van der Waals surface area contributed by atoms with Crippen molar-refractivity contribution in [3.05, 3.63) is 72.3 Å². The second-order valence-electron chi connectivity index (χ2n) is 6.90. The van der Waals surface area contributed by atoms with Crippen molar-refractivity contribution in [1.82, 2.24) is 0 Å². The molecule has 0 aliphatic rings. The molecule has 4 aromatic carbocycles. The van der Waals surface area contributed by atoms with Crippen LogP contribution < -0.4 is 0 Å². The fourth-order valence-corrected chi connectivity index (χ4v) is 3.89. The number of benzene rings is 4. The van der Waals surface area contributed by atoms with Crippen molar-refractivity contribution in [3.8, 4) is 0 Å². The summed E-state index contributed by atoms with van der Waals surface area (Å²) in [5, 5.41) is 37.0. The molecule has 9 nitrogen and oxygen atoms in total. The van der Waals surface area contributed by atoms with E-state index in [0.717, 1.165) is 6.07 Å². The van der Waals surface area contributed by atoms with Crippen molar-refractivity contribution in [1.29, 1.82) is 0 Å². The van der Waals surface area contributed by atoms with Gasteiger partial charge in [0, 0.05) is 16.3 Å². The van der Waals surface area contributed by atoms with Crippen molar-refractivity contribution < 1.29 is 14.8 Å². The van der Waals surface area contributed by atoms with Crippen LogP contribution in [0.3, 0.4) is 0 Å². The van der Waals surface area contributed by atoms with Crippen LogP contribution in [0.25, 0.3) is 32.3 Å². The molecule has 0 fully saturated rings. The van der Waals surface area contributed by atoms with E-state index in [2.05, 4.69) is 0 Å². The third-order valence-electron chi connectivity index (χ3n) is 5.06. The van der Waals surface area contributed by atoms with Gasteiger partial charge in [-0.25, -0.2) is 0 Å². The maximum atomic E-state index is 11.8. The Hall–Kier alpha value is -3.88. The predicted octanol–water partition coefficient (Wildman–Crippen LogP) is 5.43. The molecule has 0 unspecified atom stereocenters. The average Bonchev–Trinajstić information content (AvgIpc) is 2.63. The molecule has 4 rings (SSSR count). The standard InChI is InChI=1S/C19H13N3O6/c1-9(2)14-7-10-3-4-11-15(20(23)24)8-16(21(25)26)12-5-6-13(17(10)18(11)12)19(14)22(27)28/h3-9H,1-2H3. The molecular weight excluding hydrogens is 366 g/mol. The van der Waals surface area contributed by atoms with E-state index in [1.54, 1.807) is 18.2 Å². The highest BCUT2D eigenvalue weighted by Gasteiger charge is 2.29. The van der Waals surface area contributed by atoms with Crippen molar-refractivity contribution >= 4 is 49.4 Å². The Morgan fingerprint density at radius 2 is 1.25 bits per heavy atom. The molecule has 0 bridgehead atoms. The van der Waals surface area contributed by atoms with Crippen LogP contribution in [0.5, 0.6) is 0 Å². The van der Waals surface area contributed by atoms with Crippen LogP contribution in [0.2, 0.25) is 0 Å². The van der Waals surface area contributed by atoms with Crippen molar-refractivity contribution in [2.24, 2.45) is 0 Å². The van der Waals surface area contributed by atoms with E-state index in [9.17, 15) is 30.3 Å². The van der Waals surface area contributed by atoms with Gasteiger partial charge in [-0.3, -0.25) is 30.3 Å². The number of nitro groups is 3. The topological polar surface area (TPSA) is 129 Å². The first-order chi connectivity index (χ1) is 13.2. The van der Waals surface area contributed by atoms with E-state index in [1.807, 2.05) is 13.8 Å². The molecule has 4 aromatic rings. The van der Waals surface area contributed by atoms with Crippen molar-refractivity contribution in [3.63, 3.8) is 0 Å². The highest BCUT2D eigenvalue weighted by molar-refractivity contribution is 6.28. The molecule has 0 aromatic heterocycles. The Morgan fingerprint density at radius 3 is 1.75 bits per heavy atom. The molecule has 9 heteroatoms. The number of non-ortho nitro benzene ring substituents is 2. The van der Waals surface area contributed by atoms with Crippen molar-refractivity contribution in [2.45, 2.75) is 19.8 Å². The molecule has 0 saturated carbocycles. The summed E-state index contributed by atoms with van der Waals surface area (Å²) in [6.07, 6.45) is 0. The SMILES string of the molecule is CC(C)c1cc2ccc3c([N+](=O)[O-])cc([N+](=O)[O-])c4ccc(c1[N+](=O)[O-])c2c34. The van der Waals surface area contributed by atoms with Gasteiger partial charge in [-0.2, -0.15) is 0 Å². The molecule has 0 aliphatic heterocycles. The monoisotopic (exact) mass is 379 g/mol. The van der Waals surface area contributed by atoms with Gasteiger partial charge in [0.15, 0.2) is 0 Å². The van der Waals surface area contributed by atoms with Gasteiger partial charge in [0.25, 0.3) is 17.1 Å². The summed E-state index contributed by atoms with van der Waals surface area (Å²) < 4.78 is 0. The van der Waals surface area contributed by atoms with E-state index in [-0.39, 0.29) is 22.4 Å². The molecule has 0 heterocycles. The zero-order valence-electron chi connectivity index (χ0n) is 14.8. The number of nitrogens with zero attached hydrogens (tertiary/aromatic N) is 3. The first kappa shape index (κ1) is 17.5. The molecule has 0 radical (unpaired) electrons. The zero-order valence-corrected chi connectivity index (χ0v) is 14.8. The van der Waals surface area contributed by atoms with E-state index in [0.29, 0.717) is 27.1 Å². The van der Waals surface area contributed by atoms with E-state index < -0.39 is 26.1 Å². The third kappa shape index (κ3) is 2.26. The van der Waals surface area contributed by atoms with Gasteiger partial charge in [0.1, 0.15) is 0 Å². The molecular formula is C19H13N3O6. The minimum absolute atomic E-state index is 0.0777. The lowest BCUT2D eigenvalue weighted by molar-refractivity contribution is -0.392. The molecule has 0 aliphatic carbocycles. The Kier molecular flexibility index (Phi) is 3.64. The Bertz CT molecular complexity index is 1290. The van der Waals surface area contributed by atoms with Crippen LogP contribution in [0.15, 0.2) is 36.4 Å². The first-order valence-corrected chi connectivity index (χ1v) is 8.44. The van der Waals surface area contributed by atoms with Gasteiger partial charge in [-0.1, -0.05) is 19.9 Å². The maximum absolute atomic E-state index is 11.8. The van der Waals surface area contributed by atoms with Gasteiger partial charge in [0.2, 0.25) is 0 Å². The summed E-state index contributed by atoms with van der Waals surface area (Å²) in [6.45, 7) is 3.69. The van der Waals surface area contributed by atoms with Crippen LogP contribution in [0.1, 0.15) is 25.3 Å². The summed E-state index contributed by atoms with van der Waals surface area (Å²) in [5.41, 5.74) is -0.334. The quantitative estimate of drug-likeness (QED) is 0.264. The van der Waals surface area contributed by atoms with Crippen LogP contribution in [0.4, 0.5) is 17.1 Å². The van der Waals surface area contributed by atoms with Gasteiger partial charge in [0.05, 0.1) is 37.0 Å². The number of hydrogen-bond acceptors (Lipinski definition) is 6. The van der Waals surface area contributed by atoms with Crippen LogP contribution >= 0.6 is 0 Å². The average molecular weight is 379 g/mol. The fourth-order valence-electron chi connectivity index (χ4n) is 3.89. The van der Waals surface area contributed by atoms with Crippen LogP contribution in [0, 0.1) is 30.3 Å². The Balaban J connectivity index is 2.35. The van der Waals surface area contributed by atoms with Gasteiger partial charge >= 0.3 is 0 Å². The summed E-state index contributed by atoms with van der Waals surface area (Å²) in [4.78, 5) is 33.0. The molecule has 0 saturated heterocycles. The molecule has 28 heavy (non-hydrogen) atoms. The molecule has 0 atom stereocenters. The highest BCUT2D eigenvalue weighted by Crippen LogP contribution is 2.46. The predicted molar refractivity (Wildman–Crippen MR) is 104 cm³/mol. The van der Waals surface area contributed by atoms with E-state index in [4.69, 9.17) is 0 Å². The fraction of sp³-hybridized carbons (Fsp3) is 0.158. The van der Waals surface area contributed by atoms with Crippen molar-refractivity contribution in [2.75, 3.05) is 0 Å². The Morgan fingerprint density at radius 1 is 0.714 bits per heavy atom. The zero-order chi connectivity index (χ0) is 20.3. The lowest BCUT2D eigenvalue weighted by atomic mass is 9.88. The summed E-state index contributed by atoms with van der Waals surface area (Å²) >= 11 is 0. The van der Waals surface area contributed by atoms with E-state index >= 15 is 0 Å². The smallest absolute Gasteiger partial charge is 0.258 e. The molecule has 140 valence electrons. The minimum Gasteiger partial charge on any atom is -0.258 e. The highest BCUT2D eigenvalue weighted by atomic mass is 16.6. The van der Waals surface area contributed by atoms with Crippen LogP contribution in [-0.2, 0) is 0 Å². The second kappa shape index (κ2) is 5.81. The summed E-state index contributed by atoms with van der Waals surface area (Å²) in [6, 6.07) is 8.76. The normalized spacial score (nSPS) is 11.7.